The lowest BCUT2D eigenvalue weighted by atomic mass is 9.96. The molecule has 0 aliphatic heterocycles. The third-order valence-electron chi connectivity index (χ3n) is 4.01. The second kappa shape index (κ2) is 8.16. The van der Waals surface area contributed by atoms with Crippen molar-refractivity contribution in [1.29, 1.82) is 0 Å². The number of nitrogens with two attached hydrogens (primary N) is 1. The van der Waals surface area contributed by atoms with E-state index >= 15 is 0 Å². The summed E-state index contributed by atoms with van der Waals surface area (Å²) in [6, 6.07) is 11.9. The number of rotatable bonds is 6. The van der Waals surface area contributed by atoms with Crippen LogP contribution in [0.2, 0.25) is 0 Å². The lowest BCUT2D eigenvalue weighted by molar-refractivity contribution is -0.140. The molecule has 2 rings (SSSR count). The summed E-state index contributed by atoms with van der Waals surface area (Å²) in [5, 5.41) is 0. The Morgan fingerprint density at radius 2 is 1.56 bits per heavy atom. The molecule has 0 fully saturated rings. The molecule has 2 N–H and O–H groups in total. The first-order chi connectivity index (χ1) is 11.8. The highest BCUT2D eigenvalue weighted by atomic mass is 19.4. The molecule has 25 heavy (non-hydrogen) atoms. The predicted octanol–water partition coefficient (Wildman–Crippen LogP) is 4.25. The summed E-state index contributed by atoms with van der Waals surface area (Å²) in [6.45, 7) is 0. The number of benzene rings is 2. The van der Waals surface area contributed by atoms with Gasteiger partial charge in [0.1, 0.15) is 0 Å². The highest BCUT2D eigenvalue weighted by Crippen LogP contribution is 2.30. The zero-order chi connectivity index (χ0) is 18.4. The van der Waals surface area contributed by atoms with Gasteiger partial charge in [0.25, 0.3) is 0 Å². The predicted molar refractivity (Wildman–Crippen MR) is 88.9 cm³/mol. The van der Waals surface area contributed by atoms with Crippen LogP contribution in [0, 0.1) is 0 Å². The van der Waals surface area contributed by atoms with Crippen molar-refractivity contribution in [3.63, 3.8) is 0 Å². The van der Waals surface area contributed by atoms with Gasteiger partial charge in [-0.2, -0.15) is 13.2 Å². The van der Waals surface area contributed by atoms with Crippen molar-refractivity contribution in [3.8, 4) is 0 Å². The van der Waals surface area contributed by atoms with E-state index in [1.807, 2.05) is 24.3 Å². The molecular weight excluding hydrogens is 331 g/mol. The maximum absolute atomic E-state index is 12.6. The fourth-order valence-electron chi connectivity index (χ4n) is 2.50. The van der Waals surface area contributed by atoms with E-state index in [1.54, 1.807) is 0 Å². The Kier molecular flexibility index (Phi) is 6.20. The lowest BCUT2D eigenvalue weighted by Gasteiger charge is -2.14. The van der Waals surface area contributed by atoms with Gasteiger partial charge in [0.05, 0.1) is 18.7 Å². The molecule has 2 aromatic rings. The molecule has 1 unspecified atom stereocenters. The van der Waals surface area contributed by atoms with E-state index in [0.29, 0.717) is 18.4 Å². The number of aryl methyl sites for hydroxylation is 1. The SMILES string of the molecule is COC(=O)CCCc1ccc(C(N)c2ccc(C(F)(F)F)cc2)cc1. The fraction of sp³-hybridized carbons (Fsp3) is 0.316. The molecule has 0 heterocycles. The third-order valence-corrected chi connectivity index (χ3v) is 4.01. The Morgan fingerprint density at radius 3 is 2.04 bits per heavy atom. The number of esters is 1. The van der Waals surface area contributed by atoms with Gasteiger partial charge in [-0.1, -0.05) is 36.4 Å². The van der Waals surface area contributed by atoms with E-state index in [0.717, 1.165) is 29.7 Å². The number of carbonyl (C=O) groups excluding carboxylic acids is 1. The molecule has 6 heteroatoms. The molecule has 2 aromatic carbocycles. The molecule has 0 saturated heterocycles. The van der Waals surface area contributed by atoms with Gasteiger partial charge >= 0.3 is 12.1 Å². The molecule has 134 valence electrons. The first-order valence-corrected chi connectivity index (χ1v) is 7.89. The van der Waals surface area contributed by atoms with Crippen LogP contribution in [0.4, 0.5) is 13.2 Å². The quantitative estimate of drug-likeness (QED) is 0.792. The molecular formula is C19H20F3NO2. The number of alkyl halides is 3. The number of carbonyl (C=O) groups is 1. The Morgan fingerprint density at radius 1 is 1.04 bits per heavy atom. The van der Waals surface area contributed by atoms with Crippen LogP contribution in [0.1, 0.15) is 41.1 Å². The maximum atomic E-state index is 12.6. The molecule has 0 amide bonds. The normalized spacial score (nSPS) is 12.7. The summed E-state index contributed by atoms with van der Waals surface area (Å²) in [6.07, 6.45) is -2.56. The maximum Gasteiger partial charge on any atom is 0.416 e. The number of halogens is 3. The van der Waals surface area contributed by atoms with E-state index in [2.05, 4.69) is 4.74 Å². The average molecular weight is 351 g/mol. The van der Waals surface area contributed by atoms with Gasteiger partial charge in [-0.05, 0) is 41.7 Å². The summed E-state index contributed by atoms with van der Waals surface area (Å²) in [7, 11) is 1.36. The second-order valence-corrected chi connectivity index (χ2v) is 5.77. The van der Waals surface area contributed by atoms with Gasteiger partial charge in [0.15, 0.2) is 0 Å². The van der Waals surface area contributed by atoms with Crippen molar-refractivity contribution in [3.05, 3.63) is 70.8 Å². The van der Waals surface area contributed by atoms with Crippen LogP contribution in [0.5, 0.6) is 0 Å². The van der Waals surface area contributed by atoms with Crippen molar-refractivity contribution in [2.24, 2.45) is 5.73 Å². The van der Waals surface area contributed by atoms with E-state index in [9.17, 15) is 18.0 Å². The molecule has 0 saturated carbocycles. The van der Waals surface area contributed by atoms with Gasteiger partial charge in [-0.25, -0.2) is 0 Å². The largest absolute Gasteiger partial charge is 0.469 e. The molecule has 0 spiro atoms. The van der Waals surface area contributed by atoms with Crippen LogP contribution in [0.3, 0.4) is 0 Å². The van der Waals surface area contributed by atoms with Crippen LogP contribution in [-0.4, -0.2) is 13.1 Å². The van der Waals surface area contributed by atoms with Crippen LogP contribution < -0.4 is 5.73 Å². The number of hydrogen-bond donors (Lipinski definition) is 1. The van der Waals surface area contributed by atoms with Gasteiger partial charge in [-0.3, -0.25) is 4.79 Å². The molecule has 0 radical (unpaired) electrons. The zero-order valence-corrected chi connectivity index (χ0v) is 13.8. The van der Waals surface area contributed by atoms with Crippen molar-refractivity contribution >= 4 is 5.97 Å². The Labute approximate surface area is 144 Å². The average Bonchev–Trinajstić information content (AvgIpc) is 2.61. The van der Waals surface area contributed by atoms with Crippen molar-refractivity contribution in [2.45, 2.75) is 31.5 Å². The van der Waals surface area contributed by atoms with Gasteiger partial charge in [0, 0.05) is 6.42 Å². The molecule has 0 aliphatic rings. The Balaban J connectivity index is 2.00. The molecule has 1 atom stereocenters. The first kappa shape index (κ1) is 19.0. The highest BCUT2D eigenvalue weighted by Gasteiger charge is 2.30. The lowest BCUT2D eigenvalue weighted by Crippen LogP contribution is -2.12. The van der Waals surface area contributed by atoms with E-state index in [-0.39, 0.29) is 5.97 Å². The monoisotopic (exact) mass is 351 g/mol. The van der Waals surface area contributed by atoms with Crippen LogP contribution >= 0.6 is 0 Å². The van der Waals surface area contributed by atoms with Crippen LogP contribution in [0.25, 0.3) is 0 Å². The minimum absolute atomic E-state index is 0.235. The summed E-state index contributed by atoms with van der Waals surface area (Å²) in [5.41, 5.74) is 7.95. The number of ether oxygens (including phenoxy) is 1. The minimum Gasteiger partial charge on any atom is -0.469 e. The number of hydrogen-bond acceptors (Lipinski definition) is 3. The zero-order valence-electron chi connectivity index (χ0n) is 13.8. The van der Waals surface area contributed by atoms with Crippen molar-refractivity contribution in [2.75, 3.05) is 7.11 Å². The Hall–Kier alpha value is -2.34. The summed E-state index contributed by atoms with van der Waals surface area (Å²) >= 11 is 0. The van der Waals surface area contributed by atoms with Gasteiger partial charge in [0.2, 0.25) is 0 Å². The standard InChI is InChI=1S/C19H20F3NO2/c1-25-17(24)4-2-3-13-5-7-14(8-6-13)18(23)15-9-11-16(12-10-15)19(20,21)22/h5-12,18H,2-4,23H2,1H3. The van der Waals surface area contributed by atoms with Gasteiger partial charge < -0.3 is 10.5 Å². The van der Waals surface area contributed by atoms with Crippen molar-refractivity contribution < 1.29 is 22.7 Å². The smallest absolute Gasteiger partial charge is 0.416 e. The fourth-order valence-corrected chi connectivity index (χ4v) is 2.50. The topological polar surface area (TPSA) is 52.3 Å². The second-order valence-electron chi connectivity index (χ2n) is 5.77. The molecule has 0 aliphatic carbocycles. The summed E-state index contributed by atoms with van der Waals surface area (Å²) in [5.74, 6) is -0.235. The van der Waals surface area contributed by atoms with E-state index in [1.165, 1.54) is 19.2 Å². The van der Waals surface area contributed by atoms with E-state index < -0.39 is 17.8 Å². The van der Waals surface area contributed by atoms with E-state index in [4.69, 9.17) is 5.73 Å². The van der Waals surface area contributed by atoms with Crippen LogP contribution in [-0.2, 0) is 22.1 Å². The number of methoxy groups -OCH3 is 1. The Bertz CT molecular complexity index is 694. The summed E-state index contributed by atoms with van der Waals surface area (Å²) < 4.78 is 42.4. The van der Waals surface area contributed by atoms with Crippen molar-refractivity contribution in [1.82, 2.24) is 0 Å². The van der Waals surface area contributed by atoms with Gasteiger partial charge in [-0.15, -0.1) is 0 Å². The minimum atomic E-state index is -4.35. The molecule has 0 aromatic heterocycles. The highest BCUT2D eigenvalue weighted by molar-refractivity contribution is 5.69. The summed E-state index contributed by atoms with van der Waals surface area (Å²) in [4.78, 5) is 11.1. The molecule has 0 bridgehead atoms. The van der Waals surface area contributed by atoms with Crippen LogP contribution in [0.15, 0.2) is 48.5 Å². The third kappa shape index (κ3) is 5.32. The molecule has 3 nitrogen and oxygen atoms in total. The first-order valence-electron chi connectivity index (χ1n) is 7.89.